The molecule has 1 heterocycles. The zero-order valence-electron chi connectivity index (χ0n) is 10.4. The van der Waals surface area contributed by atoms with Crippen LogP contribution < -0.4 is 0 Å². The lowest BCUT2D eigenvalue weighted by atomic mass is 10.2. The molecule has 0 unspecified atom stereocenters. The number of hydrogen-bond donors (Lipinski definition) is 1. The lowest BCUT2D eigenvalue weighted by Gasteiger charge is -2.16. The number of thioether (sulfide) groups is 1. The van der Waals surface area contributed by atoms with Crippen LogP contribution in [-0.4, -0.2) is 27.2 Å². The third kappa shape index (κ3) is 2.77. The summed E-state index contributed by atoms with van der Waals surface area (Å²) in [6.07, 6.45) is 1.60. The number of imide groups is 1. The monoisotopic (exact) mass is 297 g/mol. The smallest absolute Gasteiger partial charge is 0.293 e. The number of halogens is 1. The van der Waals surface area contributed by atoms with Crippen molar-refractivity contribution in [3.63, 3.8) is 0 Å². The first-order chi connectivity index (χ1) is 8.90. The maximum atomic E-state index is 12.0. The van der Waals surface area contributed by atoms with Gasteiger partial charge in [0.05, 0.1) is 9.93 Å². The Bertz CT molecular complexity index is 583. The maximum absolute atomic E-state index is 12.0. The third-order valence-electron chi connectivity index (χ3n) is 2.61. The van der Waals surface area contributed by atoms with E-state index in [9.17, 15) is 14.7 Å². The molecule has 0 saturated carbocycles. The van der Waals surface area contributed by atoms with Gasteiger partial charge in [0.2, 0.25) is 0 Å². The van der Waals surface area contributed by atoms with Crippen molar-refractivity contribution in [3.05, 3.63) is 33.7 Å². The van der Waals surface area contributed by atoms with Gasteiger partial charge in [-0.1, -0.05) is 17.7 Å². The number of benzene rings is 1. The average molecular weight is 298 g/mol. The lowest BCUT2D eigenvalue weighted by Crippen LogP contribution is -2.34. The molecule has 19 heavy (non-hydrogen) atoms. The highest BCUT2D eigenvalue weighted by molar-refractivity contribution is 8.18. The number of phenolic OH excluding ortho intramolecular Hbond substituents is 1. The summed E-state index contributed by atoms with van der Waals surface area (Å²) in [5.41, 5.74) is 0.664. The van der Waals surface area contributed by atoms with Crippen LogP contribution in [0.25, 0.3) is 6.08 Å². The molecule has 1 aromatic rings. The van der Waals surface area contributed by atoms with Crippen LogP contribution in [0.3, 0.4) is 0 Å². The number of carbonyl (C=O) groups is 2. The fourth-order valence-corrected chi connectivity index (χ4v) is 2.84. The van der Waals surface area contributed by atoms with Crippen LogP contribution in [0.1, 0.15) is 19.4 Å². The Balaban J connectivity index is 2.32. The van der Waals surface area contributed by atoms with E-state index in [0.29, 0.717) is 10.5 Å². The molecule has 0 aliphatic carbocycles. The van der Waals surface area contributed by atoms with Crippen molar-refractivity contribution < 1.29 is 14.7 Å². The zero-order chi connectivity index (χ0) is 14.2. The van der Waals surface area contributed by atoms with Crippen molar-refractivity contribution in [2.24, 2.45) is 0 Å². The Morgan fingerprint density at radius 3 is 2.58 bits per heavy atom. The van der Waals surface area contributed by atoms with E-state index in [0.717, 1.165) is 11.8 Å². The minimum absolute atomic E-state index is 0.0194. The average Bonchev–Trinajstić information content (AvgIpc) is 2.59. The Morgan fingerprint density at radius 1 is 1.37 bits per heavy atom. The van der Waals surface area contributed by atoms with Gasteiger partial charge in [-0.25, -0.2) is 0 Å². The van der Waals surface area contributed by atoms with Crippen molar-refractivity contribution in [3.8, 4) is 5.75 Å². The van der Waals surface area contributed by atoms with Crippen molar-refractivity contribution >= 4 is 40.6 Å². The maximum Gasteiger partial charge on any atom is 0.293 e. The summed E-state index contributed by atoms with van der Waals surface area (Å²) in [6.45, 7) is 3.58. The molecule has 6 heteroatoms. The summed E-state index contributed by atoms with van der Waals surface area (Å²) in [6, 6.07) is 4.45. The van der Waals surface area contributed by atoms with E-state index < -0.39 is 0 Å². The van der Waals surface area contributed by atoms with Gasteiger partial charge in [-0.2, -0.15) is 0 Å². The van der Waals surface area contributed by atoms with Gasteiger partial charge in [0, 0.05) is 6.04 Å². The predicted molar refractivity (Wildman–Crippen MR) is 76.1 cm³/mol. The third-order valence-corrected chi connectivity index (χ3v) is 3.80. The first-order valence-electron chi connectivity index (χ1n) is 5.65. The number of aromatic hydroxyl groups is 1. The van der Waals surface area contributed by atoms with E-state index in [1.54, 1.807) is 32.1 Å². The molecule has 0 spiro atoms. The minimum Gasteiger partial charge on any atom is -0.506 e. The molecule has 0 radical (unpaired) electrons. The molecule has 1 aromatic carbocycles. The molecule has 2 amide bonds. The van der Waals surface area contributed by atoms with Crippen LogP contribution in [0.2, 0.25) is 5.02 Å². The molecular formula is C13H12ClNO3S. The fourth-order valence-electron chi connectivity index (χ4n) is 1.69. The van der Waals surface area contributed by atoms with E-state index in [2.05, 4.69) is 0 Å². The second-order valence-electron chi connectivity index (χ2n) is 4.36. The van der Waals surface area contributed by atoms with E-state index in [4.69, 9.17) is 11.6 Å². The summed E-state index contributed by atoms with van der Waals surface area (Å²) in [7, 11) is 0. The summed E-state index contributed by atoms with van der Waals surface area (Å²) >= 11 is 6.70. The normalized spacial score (nSPS) is 17.9. The molecule has 100 valence electrons. The van der Waals surface area contributed by atoms with Crippen LogP contribution in [-0.2, 0) is 4.79 Å². The highest BCUT2D eigenvalue weighted by Gasteiger charge is 2.36. The molecule has 1 N–H and O–H groups in total. The number of carbonyl (C=O) groups excluding carboxylic acids is 2. The van der Waals surface area contributed by atoms with E-state index in [1.807, 2.05) is 0 Å². The molecule has 0 aromatic heterocycles. The van der Waals surface area contributed by atoms with Gasteiger partial charge >= 0.3 is 0 Å². The Kier molecular flexibility index (Phi) is 3.87. The number of nitrogens with zero attached hydrogens (tertiary/aromatic N) is 1. The quantitative estimate of drug-likeness (QED) is 0.849. The molecule has 1 aliphatic heterocycles. The predicted octanol–water partition coefficient (Wildman–Crippen LogP) is 3.49. The molecule has 2 rings (SSSR count). The fraction of sp³-hybridized carbons (Fsp3) is 0.231. The van der Waals surface area contributed by atoms with Gasteiger partial charge < -0.3 is 5.11 Å². The summed E-state index contributed by atoms with van der Waals surface area (Å²) in [5.74, 6) is -0.316. The second-order valence-corrected chi connectivity index (χ2v) is 5.76. The van der Waals surface area contributed by atoms with Crippen molar-refractivity contribution in [1.29, 1.82) is 0 Å². The largest absolute Gasteiger partial charge is 0.506 e. The number of amides is 2. The number of phenols is 1. The lowest BCUT2D eigenvalue weighted by molar-refractivity contribution is -0.123. The van der Waals surface area contributed by atoms with Crippen LogP contribution >= 0.6 is 23.4 Å². The van der Waals surface area contributed by atoms with Crippen LogP contribution in [0.15, 0.2) is 23.1 Å². The van der Waals surface area contributed by atoms with Crippen molar-refractivity contribution in [2.45, 2.75) is 19.9 Å². The summed E-state index contributed by atoms with van der Waals surface area (Å²) < 4.78 is 0. The molecule has 1 aliphatic rings. The van der Waals surface area contributed by atoms with E-state index >= 15 is 0 Å². The van der Waals surface area contributed by atoms with Gasteiger partial charge in [0.25, 0.3) is 11.1 Å². The molecular weight excluding hydrogens is 286 g/mol. The molecule has 1 fully saturated rings. The minimum atomic E-state index is -0.297. The first-order valence-corrected chi connectivity index (χ1v) is 6.85. The Hall–Kier alpha value is -1.46. The van der Waals surface area contributed by atoms with E-state index in [-0.39, 0.29) is 28.0 Å². The molecule has 0 atom stereocenters. The topological polar surface area (TPSA) is 57.6 Å². The SMILES string of the molecule is CC(C)N1C(=O)S/C(=C\c2ccc(O)c(Cl)c2)C1=O. The number of rotatable bonds is 2. The van der Waals surface area contributed by atoms with Crippen LogP contribution in [0.4, 0.5) is 4.79 Å². The van der Waals surface area contributed by atoms with Gasteiger partial charge in [-0.05, 0) is 49.4 Å². The van der Waals surface area contributed by atoms with Crippen LogP contribution in [0.5, 0.6) is 5.75 Å². The van der Waals surface area contributed by atoms with Gasteiger partial charge in [0.1, 0.15) is 5.75 Å². The van der Waals surface area contributed by atoms with E-state index in [1.165, 1.54) is 11.0 Å². The van der Waals surface area contributed by atoms with Crippen molar-refractivity contribution in [1.82, 2.24) is 4.90 Å². The van der Waals surface area contributed by atoms with Crippen LogP contribution in [0, 0.1) is 0 Å². The highest BCUT2D eigenvalue weighted by Crippen LogP contribution is 2.34. The van der Waals surface area contributed by atoms with Crippen molar-refractivity contribution in [2.75, 3.05) is 0 Å². The molecule has 4 nitrogen and oxygen atoms in total. The standard InChI is InChI=1S/C13H12ClNO3S/c1-7(2)15-12(17)11(19-13(15)18)6-8-3-4-10(16)9(14)5-8/h3-7,16H,1-2H3/b11-6-. The summed E-state index contributed by atoms with van der Waals surface area (Å²) in [5, 5.41) is 9.26. The Labute approximate surface area is 120 Å². The van der Waals surface area contributed by atoms with Gasteiger partial charge in [-0.15, -0.1) is 0 Å². The molecule has 0 bridgehead atoms. The van der Waals surface area contributed by atoms with Gasteiger partial charge in [0.15, 0.2) is 0 Å². The van der Waals surface area contributed by atoms with Gasteiger partial charge in [-0.3, -0.25) is 14.5 Å². The Morgan fingerprint density at radius 2 is 2.05 bits per heavy atom. The zero-order valence-corrected chi connectivity index (χ0v) is 12.0. The summed E-state index contributed by atoms with van der Waals surface area (Å²) in [4.78, 5) is 25.3. The molecule has 1 saturated heterocycles. The first kappa shape index (κ1) is 14.0. The second kappa shape index (κ2) is 5.27. The highest BCUT2D eigenvalue weighted by atomic mass is 35.5. The number of hydrogen-bond acceptors (Lipinski definition) is 4.